The molecule has 6 heteroatoms. The van der Waals surface area contributed by atoms with Crippen LogP contribution in [-0.4, -0.2) is 55.2 Å². The first kappa shape index (κ1) is 20.8. The largest absolute Gasteiger partial charge is 0.449 e. The van der Waals surface area contributed by atoms with Gasteiger partial charge in [-0.15, -0.1) is 0 Å². The third-order valence-electron chi connectivity index (χ3n) is 5.55. The molecule has 1 N–H and O–H groups in total. The molecule has 0 unspecified atom stereocenters. The molecular formula is C22H32N2O4. The van der Waals surface area contributed by atoms with E-state index in [1.54, 1.807) is 19.1 Å². The van der Waals surface area contributed by atoms with E-state index in [-0.39, 0.29) is 11.9 Å². The maximum absolute atomic E-state index is 12.4. The molecule has 1 aliphatic carbocycles. The van der Waals surface area contributed by atoms with E-state index in [4.69, 9.17) is 9.47 Å². The molecule has 1 atom stereocenters. The van der Waals surface area contributed by atoms with Crippen molar-refractivity contribution in [3.63, 3.8) is 0 Å². The Labute approximate surface area is 167 Å². The van der Waals surface area contributed by atoms with E-state index < -0.39 is 12.1 Å². The minimum Gasteiger partial charge on any atom is -0.449 e. The molecule has 0 aromatic heterocycles. The molecule has 1 aliphatic heterocycles. The summed E-state index contributed by atoms with van der Waals surface area (Å²) in [5.74, 6) is -0.661. The van der Waals surface area contributed by atoms with E-state index in [0.717, 1.165) is 64.1 Å². The quantitative estimate of drug-likeness (QED) is 0.599. The fraction of sp³-hybridized carbons (Fsp3) is 0.636. The zero-order chi connectivity index (χ0) is 19.8. The molecule has 1 heterocycles. The van der Waals surface area contributed by atoms with E-state index in [9.17, 15) is 9.59 Å². The summed E-state index contributed by atoms with van der Waals surface area (Å²) in [6.45, 7) is 5.88. The molecule has 2 fully saturated rings. The van der Waals surface area contributed by atoms with Crippen molar-refractivity contribution in [1.29, 1.82) is 0 Å². The zero-order valence-corrected chi connectivity index (χ0v) is 16.8. The monoisotopic (exact) mass is 388 g/mol. The second-order valence-electron chi connectivity index (χ2n) is 7.83. The van der Waals surface area contributed by atoms with Crippen molar-refractivity contribution in [1.82, 2.24) is 10.2 Å². The summed E-state index contributed by atoms with van der Waals surface area (Å²) in [4.78, 5) is 27.1. The predicted octanol–water partition coefficient (Wildman–Crippen LogP) is 2.90. The highest BCUT2D eigenvalue weighted by molar-refractivity contribution is 5.92. The Morgan fingerprint density at radius 1 is 1.11 bits per heavy atom. The van der Waals surface area contributed by atoms with Gasteiger partial charge in [-0.3, -0.25) is 9.69 Å². The number of hydrogen-bond acceptors (Lipinski definition) is 5. The van der Waals surface area contributed by atoms with Crippen LogP contribution in [0.15, 0.2) is 24.3 Å². The molecule has 1 aromatic carbocycles. The molecule has 154 valence electrons. The van der Waals surface area contributed by atoms with Crippen LogP contribution in [0.5, 0.6) is 0 Å². The highest BCUT2D eigenvalue weighted by Gasteiger charge is 2.22. The number of morpholine rings is 1. The Bertz CT molecular complexity index is 632. The third-order valence-corrected chi connectivity index (χ3v) is 5.55. The fourth-order valence-electron chi connectivity index (χ4n) is 3.79. The lowest BCUT2D eigenvalue weighted by Gasteiger charge is -2.26. The average molecular weight is 389 g/mol. The van der Waals surface area contributed by atoms with Crippen molar-refractivity contribution in [3.8, 4) is 0 Å². The number of carbonyl (C=O) groups is 2. The van der Waals surface area contributed by atoms with Gasteiger partial charge in [0.05, 0.1) is 18.8 Å². The maximum atomic E-state index is 12.4. The topological polar surface area (TPSA) is 67.9 Å². The van der Waals surface area contributed by atoms with Crippen molar-refractivity contribution in [2.75, 3.05) is 26.3 Å². The molecule has 28 heavy (non-hydrogen) atoms. The predicted molar refractivity (Wildman–Crippen MR) is 107 cm³/mol. The van der Waals surface area contributed by atoms with Crippen LogP contribution in [0.2, 0.25) is 0 Å². The van der Waals surface area contributed by atoms with Crippen LogP contribution in [0.1, 0.15) is 61.4 Å². The zero-order valence-electron chi connectivity index (χ0n) is 16.8. The summed E-state index contributed by atoms with van der Waals surface area (Å²) in [7, 11) is 0. The van der Waals surface area contributed by atoms with Gasteiger partial charge in [-0.1, -0.05) is 37.8 Å². The van der Waals surface area contributed by atoms with Crippen LogP contribution >= 0.6 is 0 Å². The van der Waals surface area contributed by atoms with Gasteiger partial charge in [-0.25, -0.2) is 4.79 Å². The lowest BCUT2D eigenvalue weighted by atomic mass is 10.1. The summed E-state index contributed by atoms with van der Waals surface area (Å²) < 4.78 is 10.7. The number of nitrogens with zero attached hydrogens (tertiary/aromatic N) is 1. The van der Waals surface area contributed by atoms with Crippen LogP contribution in [0, 0.1) is 0 Å². The highest BCUT2D eigenvalue weighted by Crippen LogP contribution is 2.17. The summed E-state index contributed by atoms with van der Waals surface area (Å²) in [5.41, 5.74) is 1.62. The number of benzene rings is 1. The minimum absolute atomic E-state index is 0.204. The van der Waals surface area contributed by atoms with Gasteiger partial charge in [0, 0.05) is 25.7 Å². The summed E-state index contributed by atoms with van der Waals surface area (Å²) in [6.07, 6.45) is 6.00. The smallest absolute Gasteiger partial charge is 0.338 e. The Morgan fingerprint density at radius 2 is 1.75 bits per heavy atom. The van der Waals surface area contributed by atoms with Crippen LogP contribution in [0.4, 0.5) is 0 Å². The average Bonchev–Trinajstić information content (AvgIpc) is 2.98. The molecule has 1 saturated carbocycles. The van der Waals surface area contributed by atoms with Gasteiger partial charge in [0.15, 0.2) is 6.10 Å². The van der Waals surface area contributed by atoms with E-state index >= 15 is 0 Å². The van der Waals surface area contributed by atoms with Gasteiger partial charge in [0.2, 0.25) is 0 Å². The fourth-order valence-corrected chi connectivity index (χ4v) is 3.79. The van der Waals surface area contributed by atoms with Crippen molar-refractivity contribution >= 4 is 11.9 Å². The molecule has 0 radical (unpaired) electrons. The normalized spacial score (nSPS) is 20.2. The molecule has 1 saturated heterocycles. The number of hydrogen-bond donors (Lipinski definition) is 1. The first-order valence-electron chi connectivity index (χ1n) is 10.5. The van der Waals surface area contributed by atoms with E-state index in [1.165, 1.54) is 12.8 Å². The SMILES string of the molecule is C[C@@H](OC(=O)c1ccc(CN2CCOCC2)cc1)C(=O)NC1CCCCCC1. The highest BCUT2D eigenvalue weighted by atomic mass is 16.5. The van der Waals surface area contributed by atoms with Gasteiger partial charge >= 0.3 is 5.97 Å². The molecule has 3 rings (SSSR count). The lowest BCUT2D eigenvalue weighted by Crippen LogP contribution is -2.41. The molecule has 1 aromatic rings. The van der Waals surface area contributed by atoms with Crippen LogP contribution in [0.3, 0.4) is 0 Å². The van der Waals surface area contributed by atoms with Gasteiger partial charge < -0.3 is 14.8 Å². The summed E-state index contributed by atoms with van der Waals surface area (Å²) in [6, 6.07) is 7.64. The van der Waals surface area contributed by atoms with E-state index in [2.05, 4.69) is 10.2 Å². The minimum atomic E-state index is -0.788. The van der Waals surface area contributed by atoms with Crippen molar-refractivity contribution in [3.05, 3.63) is 35.4 Å². The number of carbonyl (C=O) groups excluding carboxylic acids is 2. The molecule has 1 amide bonds. The second kappa shape index (κ2) is 10.6. The number of esters is 1. The van der Waals surface area contributed by atoms with Crippen molar-refractivity contribution in [2.24, 2.45) is 0 Å². The second-order valence-corrected chi connectivity index (χ2v) is 7.83. The Balaban J connectivity index is 1.46. The lowest BCUT2D eigenvalue weighted by molar-refractivity contribution is -0.129. The van der Waals surface area contributed by atoms with E-state index in [0.29, 0.717) is 5.56 Å². The molecule has 2 aliphatic rings. The Morgan fingerprint density at radius 3 is 2.39 bits per heavy atom. The molecule has 0 bridgehead atoms. The molecule has 0 spiro atoms. The van der Waals surface area contributed by atoms with E-state index in [1.807, 2.05) is 12.1 Å². The number of rotatable bonds is 6. The molecule has 6 nitrogen and oxygen atoms in total. The Hall–Kier alpha value is -1.92. The first-order chi connectivity index (χ1) is 13.6. The summed E-state index contributed by atoms with van der Waals surface area (Å²) >= 11 is 0. The van der Waals surface area contributed by atoms with Crippen LogP contribution in [0.25, 0.3) is 0 Å². The number of amides is 1. The number of nitrogens with one attached hydrogen (secondary N) is 1. The third kappa shape index (κ3) is 6.31. The first-order valence-corrected chi connectivity index (χ1v) is 10.5. The summed E-state index contributed by atoms with van der Waals surface area (Å²) in [5, 5.41) is 3.04. The Kier molecular flexibility index (Phi) is 7.86. The van der Waals surface area contributed by atoms with Crippen molar-refractivity contribution < 1.29 is 19.1 Å². The van der Waals surface area contributed by atoms with Gasteiger partial charge in [-0.05, 0) is 37.5 Å². The van der Waals surface area contributed by atoms with Crippen molar-refractivity contribution in [2.45, 2.75) is 64.1 Å². The van der Waals surface area contributed by atoms with Crippen LogP contribution in [-0.2, 0) is 20.8 Å². The van der Waals surface area contributed by atoms with Gasteiger partial charge in [0.25, 0.3) is 5.91 Å². The van der Waals surface area contributed by atoms with Gasteiger partial charge in [-0.2, -0.15) is 0 Å². The van der Waals surface area contributed by atoms with Crippen LogP contribution < -0.4 is 5.32 Å². The number of ether oxygens (including phenoxy) is 2. The molecular weight excluding hydrogens is 356 g/mol. The van der Waals surface area contributed by atoms with Gasteiger partial charge in [0.1, 0.15) is 0 Å². The standard InChI is InChI=1S/C22H32N2O4/c1-17(21(25)23-20-6-4-2-3-5-7-20)28-22(26)19-10-8-18(9-11-19)16-24-12-14-27-15-13-24/h8-11,17,20H,2-7,12-16H2,1H3,(H,23,25)/t17-/m1/s1. The maximum Gasteiger partial charge on any atom is 0.338 e.